The number of benzene rings is 3. The van der Waals surface area contributed by atoms with Crippen LogP contribution in [0.25, 0.3) is 6.08 Å². The zero-order chi connectivity index (χ0) is 20.4. The number of rotatable bonds is 4. The van der Waals surface area contributed by atoms with E-state index in [2.05, 4.69) is 4.90 Å². The lowest BCUT2D eigenvalue weighted by molar-refractivity contribution is -0.113. The summed E-state index contributed by atoms with van der Waals surface area (Å²) in [5.41, 5.74) is 3.47. The van der Waals surface area contributed by atoms with E-state index in [-0.39, 0.29) is 5.91 Å². The normalized spacial score (nSPS) is 15.2. The van der Waals surface area contributed by atoms with Crippen molar-refractivity contribution in [1.29, 1.82) is 0 Å². The summed E-state index contributed by atoms with van der Waals surface area (Å²) in [7, 11) is 2.01. The quantitative estimate of drug-likeness (QED) is 0.382. The van der Waals surface area contributed by atoms with E-state index in [0.29, 0.717) is 14.9 Å². The topological polar surface area (TPSA) is 23.6 Å². The van der Waals surface area contributed by atoms with Crippen LogP contribution in [-0.4, -0.2) is 17.3 Å². The van der Waals surface area contributed by atoms with Crippen molar-refractivity contribution < 1.29 is 9.18 Å². The Morgan fingerprint density at radius 3 is 2.34 bits per heavy atom. The highest BCUT2D eigenvalue weighted by atomic mass is 32.2. The Labute approximate surface area is 178 Å². The highest BCUT2D eigenvalue weighted by Crippen LogP contribution is 2.36. The average Bonchev–Trinajstić information content (AvgIpc) is 3.01. The first-order chi connectivity index (χ1) is 14.0. The van der Waals surface area contributed by atoms with Crippen molar-refractivity contribution in [1.82, 2.24) is 0 Å². The standard InChI is InChI=1S/C23H17FN2OS2/c1-25(18-7-3-2-4-8-18)19-12-10-16(11-13-19)14-21-22(27)26(23(28)29-21)20-9-5-6-17(24)15-20/h2-15H,1H3. The molecule has 0 aliphatic carbocycles. The molecule has 1 aliphatic heterocycles. The Balaban J connectivity index is 1.55. The van der Waals surface area contributed by atoms with Crippen molar-refractivity contribution >= 4 is 57.3 Å². The van der Waals surface area contributed by atoms with Gasteiger partial charge in [-0.15, -0.1) is 0 Å². The van der Waals surface area contributed by atoms with Crippen molar-refractivity contribution in [3.8, 4) is 0 Å². The number of thiocarbonyl (C=S) groups is 1. The van der Waals surface area contributed by atoms with Crippen LogP contribution in [0, 0.1) is 5.82 Å². The molecule has 144 valence electrons. The number of hydrogen-bond donors (Lipinski definition) is 0. The summed E-state index contributed by atoms with van der Waals surface area (Å²) in [6.07, 6.45) is 1.81. The van der Waals surface area contributed by atoms with E-state index < -0.39 is 5.82 Å². The van der Waals surface area contributed by atoms with Gasteiger partial charge in [-0.25, -0.2) is 4.39 Å². The second-order valence-corrected chi connectivity index (χ2v) is 8.16. The van der Waals surface area contributed by atoms with Crippen LogP contribution in [0.15, 0.2) is 83.8 Å². The molecule has 6 heteroatoms. The van der Waals surface area contributed by atoms with Gasteiger partial charge in [-0.1, -0.05) is 60.4 Å². The largest absolute Gasteiger partial charge is 0.345 e. The fourth-order valence-corrected chi connectivity index (χ4v) is 4.35. The lowest BCUT2D eigenvalue weighted by atomic mass is 10.1. The number of carbonyl (C=O) groups is 1. The molecule has 0 unspecified atom stereocenters. The number of nitrogens with zero attached hydrogens (tertiary/aromatic N) is 2. The third-order valence-corrected chi connectivity index (χ3v) is 5.88. The van der Waals surface area contributed by atoms with Crippen molar-refractivity contribution in [2.24, 2.45) is 0 Å². The fraction of sp³-hybridized carbons (Fsp3) is 0.0435. The molecule has 4 rings (SSSR count). The molecule has 3 nitrogen and oxygen atoms in total. The SMILES string of the molecule is CN(c1ccccc1)c1ccc(C=C2SC(=S)N(c3cccc(F)c3)C2=O)cc1. The van der Waals surface area contributed by atoms with Gasteiger partial charge in [-0.2, -0.15) is 0 Å². The molecule has 0 saturated carbocycles. The zero-order valence-electron chi connectivity index (χ0n) is 15.6. The first kappa shape index (κ1) is 19.4. The molecular weight excluding hydrogens is 403 g/mol. The van der Waals surface area contributed by atoms with Crippen LogP contribution < -0.4 is 9.80 Å². The number of anilines is 3. The molecule has 1 fully saturated rings. The molecule has 0 atom stereocenters. The van der Waals surface area contributed by atoms with Crippen LogP contribution in [0.1, 0.15) is 5.56 Å². The average molecular weight is 421 g/mol. The predicted octanol–water partition coefficient (Wildman–Crippen LogP) is 6.00. The Bertz CT molecular complexity index is 1100. The molecule has 29 heavy (non-hydrogen) atoms. The van der Waals surface area contributed by atoms with E-state index in [1.54, 1.807) is 12.1 Å². The summed E-state index contributed by atoms with van der Waals surface area (Å²) in [5.74, 6) is -0.644. The second kappa shape index (κ2) is 8.19. The van der Waals surface area contributed by atoms with Gasteiger partial charge >= 0.3 is 0 Å². The summed E-state index contributed by atoms with van der Waals surface area (Å²) in [6.45, 7) is 0. The lowest BCUT2D eigenvalue weighted by Gasteiger charge is -2.19. The number of carbonyl (C=O) groups excluding carboxylic acids is 1. The minimum atomic E-state index is -0.404. The maximum atomic E-state index is 13.5. The highest BCUT2D eigenvalue weighted by molar-refractivity contribution is 8.27. The maximum Gasteiger partial charge on any atom is 0.270 e. The first-order valence-corrected chi connectivity index (χ1v) is 10.2. The summed E-state index contributed by atoms with van der Waals surface area (Å²) < 4.78 is 13.9. The number of thioether (sulfide) groups is 1. The van der Waals surface area contributed by atoms with Gasteiger partial charge in [-0.3, -0.25) is 9.69 Å². The van der Waals surface area contributed by atoms with E-state index in [0.717, 1.165) is 16.9 Å². The van der Waals surface area contributed by atoms with E-state index >= 15 is 0 Å². The number of hydrogen-bond acceptors (Lipinski definition) is 4. The van der Waals surface area contributed by atoms with Gasteiger partial charge in [0.1, 0.15) is 5.82 Å². The Hall–Kier alpha value is -2.96. The van der Waals surface area contributed by atoms with Crippen LogP contribution >= 0.6 is 24.0 Å². The monoisotopic (exact) mass is 420 g/mol. The molecule has 1 heterocycles. The van der Waals surface area contributed by atoms with Crippen LogP contribution in [-0.2, 0) is 4.79 Å². The summed E-state index contributed by atoms with van der Waals surface area (Å²) in [6, 6.07) is 23.9. The van der Waals surface area contributed by atoms with Crippen molar-refractivity contribution in [2.75, 3.05) is 16.8 Å². The second-order valence-electron chi connectivity index (χ2n) is 6.48. The molecule has 0 bridgehead atoms. The molecule has 3 aromatic rings. The van der Waals surface area contributed by atoms with E-state index in [4.69, 9.17) is 12.2 Å². The number of halogens is 1. The lowest BCUT2D eigenvalue weighted by Crippen LogP contribution is -2.27. The minimum absolute atomic E-state index is 0.240. The van der Waals surface area contributed by atoms with Gasteiger partial charge in [0.05, 0.1) is 10.6 Å². The van der Waals surface area contributed by atoms with Crippen LogP contribution in [0.2, 0.25) is 0 Å². The highest BCUT2D eigenvalue weighted by Gasteiger charge is 2.33. The predicted molar refractivity (Wildman–Crippen MR) is 123 cm³/mol. The van der Waals surface area contributed by atoms with Gasteiger partial charge < -0.3 is 4.90 Å². The number of para-hydroxylation sites is 1. The van der Waals surface area contributed by atoms with E-state index in [1.807, 2.05) is 67.7 Å². The van der Waals surface area contributed by atoms with Crippen LogP contribution in [0.5, 0.6) is 0 Å². The molecule has 0 spiro atoms. The first-order valence-electron chi connectivity index (χ1n) is 8.95. The smallest absolute Gasteiger partial charge is 0.270 e. The number of amides is 1. The third kappa shape index (κ3) is 4.09. The molecule has 0 radical (unpaired) electrons. The van der Waals surface area contributed by atoms with Gasteiger partial charge in [0.15, 0.2) is 4.32 Å². The molecular formula is C23H17FN2OS2. The Morgan fingerprint density at radius 1 is 0.966 bits per heavy atom. The van der Waals surface area contributed by atoms with Crippen molar-refractivity contribution in [2.45, 2.75) is 0 Å². The summed E-state index contributed by atoms with van der Waals surface area (Å²) in [4.78, 5) is 16.8. The van der Waals surface area contributed by atoms with Crippen LogP contribution in [0.4, 0.5) is 21.5 Å². The van der Waals surface area contributed by atoms with E-state index in [1.165, 1.54) is 28.8 Å². The van der Waals surface area contributed by atoms with Crippen molar-refractivity contribution in [3.05, 3.63) is 95.1 Å². The van der Waals surface area contributed by atoms with Gasteiger partial charge in [0.2, 0.25) is 0 Å². The van der Waals surface area contributed by atoms with Gasteiger partial charge in [0, 0.05) is 18.4 Å². The van der Waals surface area contributed by atoms with Crippen molar-refractivity contribution in [3.63, 3.8) is 0 Å². The minimum Gasteiger partial charge on any atom is -0.345 e. The molecule has 1 aliphatic rings. The fourth-order valence-electron chi connectivity index (χ4n) is 3.05. The van der Waals surface area contributed by atoms with Gasteiger partial charge in [-0.05, 0) is 54.1 Å². The van der Waals surface area contributed by atoms with E-state index in [9.17, 15) is 9.18 Å². The molecule has 0 aromatic heterocycles. The van der Waals surface area contributed by atoms with Gasteiger partial charge in [0.25, 0.3) is 5.91 Å². The molecule has 1 saturated heterocycles. The zero-order valence-corrected chi connectivity index (χ0v) is 17.2. The molecule has 1 amide bonds. The maximum absolute atomic E-state index is 13.5. The molecule has 3 aromatic carbocycles. The van der Waals surface area contributed by atoms with Crippen LogP contribution in [0.3, 0.4) is 0 Å². The Morgan fingerprint density at radius 2 is 1.66 bits per heavy atom. The third-order valence-electron chi connectivity index (χ3n) is 4.58. The Kier molecular flexibility index (Phi) is 5.47. The summed E-state index contributed by atoms with van der Waals surface area (Å²) >= 11 is 6.56. The summed E-state index contributed by atoms with van der Waals surface area (Å²) in [5, 5.41) is 0. The molecule has 0 N–H and O–H groups in total.